The van der Waals surface area contributed by atoms with Crippen molar-refractivity contribution < 1.29 is 19.1 Å². The summed E-state index contributed by atoms with van der Waals surface area (Å²) in [5.74, 6) is 0.609. The van der Waals surface area contributed by atoms with E-state index in [-0.39, 0.29) is 19.0 Å². The summed E-state index contributed by atoms with van der Waals surface area (Å²) in [6, 6.07) is 15.0. The number of hydrogen-bond acceptors (Lipinski definition) is 5. The lowest BCUT2D eigenvalue weighted by atomic mass is 10.1. The summed E-state index contributed by atoms with van der Waals surface area (Å²) in [4.78, 5) is 28.0. The monoisotopic (exact) mass is 383 g/mol. The van der Waals surface area contributed by atoms with E-state index in [2.05, 4.69) is 0 Å². The second-order valence-corrected chi connectivity index (χ2v) is 6.73. The molecule has 148 valence electrons. The van der Waals surface area contributed by atoms with Crippen molar-refractivity contribution >= 4 is 17.5 Å². The Hall–Kier alpha value is -3.06. The molecule has 1 aliphatic heterocycles. The molecule has 1 heterocycles. The molecule has 0 spiro atoms. The van der Waals surface area contributed by atoms with Crippen LogP contribution in [0.5, 0.6) is 11.5 Å². The lowest BCUT2D eigenvalue weighted by Gasteiger charge is -2.34. The van der Waals surface area contributed by atoms with Gasteiger partial charge in [0.15, 0.2) is 6.10 Å². The van der Waals surface area contributed by atoms with E-state index in [0.717, 1.165) is 11.3 Å². The van der Waals surface area contributed by atoms with E-state index < -0.39 is 12.0 Å². The number of carbonyl (C=O) groups excluding carboxylic acids is 2. The number of nitrogens with zero attached hydrogens (tertiary/aromatic N) is 2. The van der Waals surface area contributed by atoms with Crippen molar-refractivity contribution in [2.75, 3.05) is 31.6 Å². The maximum Gasteiger partial charge on any atom is 0.260 e. The molecule has 2 aromatic carbocycles. The second-order valence-electron chi connectivity index (χ2n) is 6.73. The van der Waals surface area contributed by atoms with Gasteiger partial charge in [-0.05, 0) is 43.8 Å². The van der Waals surface area contributed by atoms with Crippen LogP contribution < -0.4 is 20.1 Å². The third kappa shape index (κ3) is 4.61. The first-order valence-corrected chi connectivity index (χ1v) is 9.23. The fourth-order valence-corrected chi connectivity index (χ4v) is 3.16. The van der Waals surface area contributed by atoms with Crippen molar-refractivity contribution in [3.63, 3.8) is 0 Å². The first-order chi connectivity index (χ1) is 13.5. The van der Waals surface area contributed by atoms with Gasteiger partial charge in [-0.15, -0.1) is 0 Å². The standard InChI is InChI=1S/C21H25N3O4/c1-3-27-16-10-8-15(9-11-16)12-23(2)14-20(25)24-13-19(21(22)26)28-18-7-5-4-6-17(18)24/h4-11,19H,3,12-14H2,1-2H3,(H2,22,26). The number of rotatable bonds is 7. The smallest absolute Gasteiger partial charge is 0.260 e. The molecule has 0 saturated heterocycles. The molecule has 1 unspecified atom stereocenters. The summed E-state index contributed by atoms with van der Waals surface area (Å²) in [5, 5.41) is 0. The Morgan fingerprint density at radius 1 is 1.21 bits per heavy atom. The van der Waals surface area contributed by atoms with Crippen LogP contribution in [-0.2, 0) is 16.1 Å². The number of ether oxygens (including phenoxy) is 2. The number of para-hydroxylation sites is 2. The normalized spacial score (nSPS) is 15.7. The molecule has 1 aliphatic rings. The van der Waals surface area contributed by atoms with Crippen molar-refractivity contribution in [2.24, 2.45) is 5.73 Å². The molecule has 3 rings (SSSR count). The van der Waals surface area contributed by atoms with E-state index in [9.17, 15) is 9.59 Å². The third-order valence-electron chi connectivity index (χ3n) is 4.48. The van der Waals surface area contributed by atoms with Gasteiger partial charge in [0.2, 0.25) is 5.91 Å². The van der Waals surface area contributed by atoms with Crippen LogP contribution in [0.3, 0.4) is 0 Å². The first kappa shape index (κ1) is 19.7. The highest BCUT2D eigenvalue weighted by Gasteiger charge is 2.32. The van der Waals surface area contributed by atoms with Gasteiger partial charge in [-0.2, -0.15) is 0 Å². The number of nitrogens with two attached hydrogens (primary N) is 1. The Labute approximate surface area is 164 Å². The molecule has 0 aromatic heterocycles. The van der Waals surface area contributed by atoms with Crippen LogP contribution in [0.25, 0.3) is 0 Å². The summed E-state index contributed by atoms with van der Waals surface area (Å²) in [5.41, 5.74) is 7.13. The zero-order chi connectivity index (χ0) is 20.1. The number of benzene rings is 2. The number of primary amides is 1. The maximum atomic E-state index is 12.9. The Morgan fingerprint density at radius 3 is 2.61 bits per heavy atom. The van der Waals surface area contributed by atoms with Crippen LogP contribution in [0, 0.1) is 0 Å². The SMILES string of the molecule is CCOc1ccc(CN(C)CC(=O)N2CC(C(N)=O)Oc3ccccc32)cc1. The van der Waals surface area contributed by atoms with Crippen molar-refractivity contribution in [3.8, 4) is 11.5 Å². The fourth-order valence-electron chi connectivity index (χ4n) is 3.16. The fraction of sp³-hybridized carbons (Fsp3) is 0.333. The highest BCUT2D eigenvalue weighted by molar-refractivity contribution is 5.98. The predicted molar refractivity (Wildman–Crippen MR) is 106 cm³/mol. The van der Waals surface area contributed by atoms with Crippen LogP contribution in [0.4, 0.5) is 5.69 Å². The molecule has 28 heavy (non-hydrogen) atoms. The van der Waals surface area contributed by atoms with Crippen LogP contribution in [0.2, 0.25) is 0 Å². The first-order valence-electron chi connectivity index (χ1n) is 9.23. The number of likely N-dealkylation sites (N-methyl/N-ethyl adjacent to an activating group) is 1. The molecule has 2 amide bonds. The molecule has 0 fully saturated rings. The molecule has 0 radical (unpaired) electrons. The number of fused-ring (bicyclic) bond motifs is 1. The van der Waals surface area contributed by atoms with Gasteiger partial charge in [-0.3, -0.25) is 14.5 Å². The molecular formula is C21H25N3O4. The molecule has 0 aliphatic carbocycles. The molecule has 2 aromatic rings. The van der Waals surface area contributed by atoms with Crippen molar-refractivity contribution in [3.05, 3.63) is 54.1 Å². The third-order valence-corrected chi connectivity index (χ3v) is 4.48. The predicted octanol–water partition coefficient (Wildman–Crippen LogP) is 1.80. The summed E-state index contributed by atoms with van der Waals surface area (Å²) in [6.45, 7) is 3.50. The average Bonchev–Trinajstić information content (AvgIpc) is 2.68. The van der Waals surface area contributed by atoms with Gasteiger partial charge in [0, 0.05) is 6.54 Å². The molecule has 1 atom stereocenters. The summed E-state index contributed by atoms with van der Waals surface area (Å²) >= 11 is 0. The van der Waals surface area contributed by atoms with Crippen molar-refractivity contribution in [2.45, 2.75) is 19.6 Å². The Balaban J connectivity index is 1.66. The second kappa shape index (κ2) is 8.75. The lowest BCUT2D eigenvalue weighted by molar-refractivity contribution is -0.125. The van der Waals surface area contributed by atoms with Gasteiger partial charge in [0.05, 0.1) is 25.4 Å². The van der Waals surface area contributed by atoms with Gasteiger partial charge in [0.1, 0.15) is 11.5 Å². The number of carbonyl (C=O) groups is 2. The topological polar surface area (TPSA) is 85.1 Å². The molecule has 7 nitrogen and oxygen atoms in total. The van der Waals surface area contributed by atoms with Gasteiger partial charge in [-0.1, -0.05) is 24.3 Å². The van der Waals surface area contributed by atoms with E-state index in [0.29, 0.717) is 24.6 Å². The van der Waals surface area contributed by atoms with E-state index in [1.807, 2.05) is 49.2 Å². The highest BCUT2D eigenvalue weighted by atomic mass is 16.5. The highest BCUT2D eigenvalue weighted by Crippen LogP contribution is 2.33. The van der Waals surface area contributed by atoms with E-state index in [1.165, 1.54) is 0 Å². The van der Waals surface area contributed by atoms with E-state index in [4.69, 9.17) is 15.2 Å². The van der Waals surface area contributed by atoms with Gasteiger partial charge < -0.3 is 20.1 Å². The van der Waals surface area contributed by atoms with Gasteiger partial charge in [-0.25, -0.2) is 0 Å². The van der Waals surface area contributed by atoms with E-state index >= 15 is 0 Å². The van der Waals surface area contributed by atoms with Crippen LogP contribution in [-0.4, -0.2) is 49.6 Å². The number of amides is 2. The minimum absolute atomic E-state index is 0.113. The van der Waals surface area contributed by atoms with Crippen LogP contribution in [0.1, 0.15) is 12.5 Å². The van der Waals surface area contributed by atoms with Gasteiger partial charge in [0.25, 0.3) is 5.91 Å². The van der Waals surface area contributed by atoms with E-state index in [1.54, 1.807) is 23.1 Å². The minimum Gasteiger partial charge on any atom is -0.494 e. The zero-order valence-corrected chi connectivity index (χ0v) is 16.1. The van der Waals surface area contributed by atoms with Crippen LogP contribution >= 0.6 is 0 Å². The Bertz CT molecular complexity index is 838. The number of hydrogen-bond donors (Lipinski definition) is 1. The van der Waals surface area contributed by atoms with Gasteiger partial charge >= 0.3 is 0 Å². The Morgan fingerprint density at radius 2 is 1.93 bits per heavy atom. The molecule has 2 N–H and O–H groups in total. The largest absolute Gasteiger partial charge is 0.494 e. The summed E-state index contributed by atoms with van der Waals surface area (Å²) < 4.78 is 11.1. The molecule has 0 saturated carbocycles. The quantitative estimate of drug-likeness (QED) is 0.788. The molecular weight excluding hydrogens is 358 g/mol. The minimum atomic E-state index is -0.852. The maximum absolute atomic E-state index is 12.9. The summed E-state index contributed by atoms with van der Waals surface area (Å²) in [6.07, 6.45) is -0.852. The average molecular weight is 383 g/mol. The number of anilines is 1. The Kier molecular flexibility index (Phi) is 6.16. The van der Waals surface area contributed by atoms with Crippen molar-refractivity contribution in [1.29, 1.82) is 0 Å². The van der Waals surface area contributed by atoms with Crippen LogP contribution in [0.15, 0.2) is 48.5 Å². The molecule has 0 bridgehead atoms. The summed E-state index contributed by atoms with van der Waals surface area (Å²) in [7, 11) is 1.88. The molecule has 7 heteroatoms. The lowest BCUT2D eigenvalue weighted by Crippen LogP contribution is -2.51. The van der Waals surface area contributed by atoms with Crippen molar-refractivity contribution in [1.82, 2.24) is 4.90 Å². The zero-order valence-electron chi connectivity index (χ0n) is 16.1.